The molecule has 0 radical (unpaired) electrons. The van der Waals surface area contributed by atoms with E-state index in [4.69, 9.17) is 0 Å². The summed E-state index contributed by atoms with van der Waals surface area (Å²) in [4.78, 5) is 27.5. The van der Waals surface area contributed by atoms with E-state index in [0.717, 1.165) is 5.69 Å². The minimum atomic E-state index is -0.514. The van der Waals surface area contributed by atoms with Crippen LogP contribution >= 0.6 is 11.8 Å². The van der Waals surface area contributed by atoms with Crippen LogP contribution in [0, 0.1) is 0 Å². The van der Waals surface area contributed by atoms with E-state index in [-0.39, 0.29) is 5.91 Å². The van der Waals surface area contributed by atoms with E-state index >= 15 is 0 Å². The van der Waals surface area contributed by atoms with E-state index in [1.54, 1.807) is 13.1 Å². The predicted molar refractivity (Wildman–Crippen MR) is 95.6 cm³/mol. The number of carbonyl (C=O) groups excluding carboxylic acids is 2. The Kier molecular flexibility index (Phi) is 6.03. The van der Waals surface area contributed by atoms with Crippen LogP contribution in [0.5, 0.6) is 0 Å². The second-order valence-electron chi connectivity index (χ2n) is 5.65. The molecule has 0 fully saturated rings. The molecule has 0 aliphatic rings. The van der Waals surface area contributed by atoms with Crippen LogP contribution in [0.1, 0.15) is 32.3 Å². The molecule has 7 heteroatoms. The lowest BCUT2D eigenvalue weighted by Crippen LogP contribution is -2.41. The molecular formula is C17H22N4O2S. The number of rotatable bonds is 5. The van der Waals surface area contributed by atoms with Crippen LogP contribution in [0.2, 0.25) is 0 Å². The molecule has 0 saturated carbocycles. The second-order valence-corrected chi connectivity index (χ2v) is 6.96. The zero-order chi connectivity index (χ0) is 17.7. The third-order valence-electron chi connectivity index (χ3n) is 3.56. The summed E-state index contributed by atoms with van der Waals surface area (Å²) in [5.41, 5.74) is 2.25. The van der Waals surface area contributed by atoms with Crippen molar-refractivity contribution in [1.29, 1.82) is 0 Å². The summed E-state index contributed by atoms with van der Waals surface area (Å²) < 4.78 is 1.93. The van der Waals surface area contributed by atoms with Crippen molar-refractivity contribution < 1.29 is 9.59 Å². The Hall–Kier alpha value is -2.28. The zero-order valence-corrected chi connectivity index (χ0v) is 15.1. The molecule has 0 aliphatic carbocycles. The highest BCUT2D eigenvalue weighted by atomic mass is 32.2. The molecule has 2 rings (SSSR count). The van der Waals surface area contributed by atoms with Gasteiger partial charge in [-0.3, -0.25) is 14.7 Å². The Balaban J connectivity index is 2.12. The quantitative estimate of drug-likeness (QED) is 0.816. The lowest BCUT2D eigenvalue weighted by molar-refractivity contribution is -0.119. The van der Waals surface area contributed by atoms with Gasteiger partial charge < -0.3 is 5.32 Å². The van der Waals surface area contributed by atoms with E-state index in [1.165, 1.54) is 24.4 Å². The Morgan fingerprint density at radius 2 is 1.83 bits per heavy atom. The highest BCUT2D eigenvalue weighted by Crippen LogP contribution is 2.25. The first-order valence-electron chi connectivity index (χ1n) is 7.75. The molecule has 3 amide bonds. The Labute approximate surface area is 146 Å². The van der Waals surface area contributed by atoms with Crippen LogP contribution in [0.4, 0.5) is 4.79 Å². The molecule has 0 bridgehead atoms. The Bertz CT molecular complexity index is 710. The van der Waals surface area contributed by atoms with Gasteiger partial charge in [0.1, 0.15) is 0 Å². The van der Waals surface area contributed by atoms with Gasteiger partial charge in [-0.1, -0.05) is 37.7 Å². The zero-order valence-electron chi connectivity index (χ0n) is 14.2. The van der Waals surface area contributed by atoms with Gasteiger partial charge in [0, 0.05) is 25.1 Å². The first-order valence-corrected chi connectivity index (χ1v) is 8.63. The predicted octanol–water partition coefficient (Wildman–Crippen LogP) is 2.93. The summed E-state index contributed by atoms with van der Waals surface area (Å²) >= 11 is 1.30. The highest BCUT2D eigenvalue weighted by Gasteiger charge is 2.19. The van der Waals surface area contributed by atoms with Crippen molar-refractivity contribution in [1.82, 2.24) is 20.2 Å². The van der Waals surface area contributed by atoms with Crippen molar-refractivity contribution in [3.63, 3.8) is 0 Å². The van der Waals surface area contributed by atoms with Gasteiger partial charge >= 0.3 is 6.03 Å². The number of imidazole rings is 1. The van der Waals surface area contributed by atoms with Crippen molar-refractivity contribution in [2.45, 2.75) is 37.1 Å². The summed E-state index contributed by atoms with van der Waals surface area (Å²) in [5.74, 6) is 0.119. The fourth-order valence-corrected chi connectivity index (χ4v) is 2.96. The standard InChI is InChI=1S/C17H22N4O2S/c1-11(2)13-5-7-14(8-6-13)21-10-9-19-17(21)24-12(3)15(22)20-16(23)18-4/h5-12H,1-4H3,(H2,18,20,22,23). The number of nitrogens with one attached hydrogen (secondary N) is 2. The van der Waals surface area contributed by atoms with Crippen molar-refractivity contribution in [3.8, 4) is 5.69 Å². The molecule has 1 heterocycles. The number of imide groups is 1. The van der Waals surface area contributed by atoms with Crippen molar-refractivity contribution in [3.05, 3.63) is 42.2 Å². The van der Waals surface area contributed by atoms with Gasteiger partial charge in [-0.25, -0.2) is 9.78 Å². The fraction of sp³-hybridized carbons (Fsp3) is 0.353. The van der Waals surface area contributed by atoms with Crippen LogP contribution in [-0.4, -0.2) is 33.8 Å². The Morgan fingerprint density at radius 3 is 2.42 bits per heavy atom. The third-order valence-corrected chi connectivity index (χ3v) is 4.64. The first kappa shape index (κ1) is 18.1. The van der Waals surface area contributed by atoms with Gasteiger partial charge in [-0.15, -0.1) is 0 Å². The van der Waals surface area contributed by atoms with Gasteiger partial charge in [0.05, 0.1) is 5.25 Å². The number of hydrogen-bond acceptors (Lipinski definition) is 4. The summed E-state index contributed by atoms with van der Waals surface area (Å²) in [6.07, 6.45) is 3.55. The number of urea groups is 1. The van der Waals surface area contributed by atoms with Gasteiger partial charge in [-0.05, 0) is 30.5 Å². The number of amides is 3. The fourth-order valence-electron chi connectivity index (χ4n) is 2.08. The number of nitrogens with zero attached hydrogens (tertiary/aromatic N) is 2. The lowest BCUT2D eigenvalue weighted by Gasteiger charge is -2.13. The number of benzene rings is 1. The minimum Gasteiger partial charge on any atom is -0.341 e. The first-order chi connectivity index (χ1) is 11.4. The van der Waals surface area contributed by atoms with Gasteiger partial charge in [-0.2, -0.15) is 0 Å². The van der Waals surface area contributed by atoms with Crippen LogP contribution in [-0.2, 0) is 4.79 Å². The number of hydrogen-bond donors (Lipinski definition) is 2. The van der Waals surface area contributed by atoms with E-state index in [1.807, 2.05) is 22.9 Å². The molecule has 2 N–H and O–H groups in total. The molecule has 2 aromatic rings. The van der Waals surface area contributed by atoms with Crippen LogP contribution in [0.25, 0.3) is 5.69 Å². The van der Waals surface area contributed by atoms with E-state index in [9.17, 15) is 9.59 Å². The second kappa shape index (κ2) is 8.01. The SMILES string of the molecule is CNC(=O)NC(=O)C(C)Sc1nccn1-c1ccc(C(C)C)cc1. The van der Waals surface area contributed by atoms with Crippen LogP contribution in [0.15, 0.2) is 41.8 Å². The summed E-state index contributed by atoms with van der Waals surface area (Å²) in [5, 5.41) is 4.89. The molecule has 1 atom stereocenters. The Morgan fingerprint density at radius 1 is 1.17 bits per heavy atom. The molecule has 1 unspecified atom stereocenters. The maximum atomic E-state index is 12.0. The van der Waals surface area contributed by atoms with Crippen LogP contribution in [0.3, 0.4) is 0 Å². The molecule has 0 spiro atoms. The molecule has 0 aliphatic heterocycles. The topological polar surface area (TPSA) is 76.0 Å². The monoisotopic (exact) mass is 346 g/mol. The molecule has 6 nitrogen and oxygen atoms in total. The normalized spacial score (nSPS) is 12.0. The van der Waals surface area contributed by atoms with Crippen LogP contribution < -0.4 is 10.6 Å². The smallest absolute Gasteiger partial charge is 0.321 e. The molecule has 1 aromatic carbocycles. The third kappa shape index (κ3) is 4.38. The maximum Gasteiger partial charge on any atom is 0.321 e. The number of carbonyl (C=O) groups is 2. The summed E-state index contributed by atoms with van der Waals surface area (Å²) in [6, 6.07) is 7.75. The molecule has 0 saturated heterocycles. The van der Waals surface area contributed by atoms with Gasteiger partial charge in [0.15, 0.2) is 5.16 Å². The molecular weight excluding hydrogens is 324 g/mol. The largest absolute Gasteiger partial charge is 0.341 e. The van der Waals surface area contributed by atoms with Crippen molar-refractivity contribution in [2.75, 3.05) is 7.05 Å². The number of aromatic nitrogens is 2. The molecule has 24 heavy (non-hydrogen) atoms. The van der Waals surface area contributed by atoms with E-state index < -0.39 is 11.3 Å². The summed E-state index contributed by atoms with van der Waals surface area (Å²) in [6.45, 7) is 6.05. The van der Waals surface area contributed by atoms with E-state index in [2.05, 4.69) is 41.6 Å². The minimum absolute atomic E-state index is 0.357. The average molecular weight is 346 g/mol. The average Bonchev–Trinajstić information content (AvgIpc) is 3.02. The molecule has 128 valence electrons. The lowest BCUT2D eigenvalue weighted by atomic mass is 10.0. The molecule has 1 aromatic heterocycles. The van der Waals surface area contributed by atoms with Gasteiger partial charge in [0.25, 0.3) is 0 Å². The van der Waals surface area contributed by atoms with E-state index in [0.29, 0.717) is 11.1 Å². The maximum absolute atomic E-state index is 12.0. The van der Waals surface area contributed by atoms with Crippen molar-refractivity contribution >= 4 is 23.7 Å². The van der Waals surface area contributed by atoms with Gasteiger partial charge in [0.2, 0.25) is 5.91 Å². The summed E-state index contributed by atoms with van der Waals surface area (Å²) in [7, 11) is 1.47. The highest BCUT2D eigenvalue weighted by molar-refractivity contribution is 8.00. The van der Waals surface area contributed by atoms with Crippen molar-refractivity contribution in [2.24, 2.45) is 0 Å². The number of thioether (sulfide) groups is 1.